The van der Waals surface area contributed by atoms with E-state index in [1.54, 1.807) is 7.05 Å². The Labute approximate surface area is 116 Å². The highest BCUT2D eigenvalue weighted by molar-refractivity contribution is 6.17. The molecule has 0 aliphatic carbocycles. The number of hydrogen-bond acceptors (Lipinski definition) is 2. The SMILES string of the molecule is CN(CC(=O)Nc1ccc(F)cc1)C(=O)CCCCl. The topological polar surface area (TPSA) is 49.4 Å². The number of carbonyl (C=O) groups is 2. The quantitative estimate of drug-likeness (QED) is 0.816. The number of anilines is 1. The predicted molar refractivity (Wildman–Crippen MR) is 72.6 cm³/mol. The average molecular weight is 287 g/mol. The van der Waals surface area contributed by atoms with Crippen molar-refractivity contribution in [2.45, 2.75) is 12.8 Å². The van der Waals surface area contributed by atoms with Crippen molar-refractivity contribution >= 4 is 29.1 Å². The second-order valence-electron chi connectivity index (χ2n) is 4.10. The van der Waals surface area contributed by atoms with Gasteiger partial charge in [0.1, 0.15) is 5.82 Å². The van der Waals surface area contributed by atoms with Crippen LogP contribution in [0.3, 0.4) is 0 Å². The van der Waals surface area contributed by atoms with E-state index in [-0.39, 0.29) is 24.2 Å². The van der Waals surface area contributed by atoms with Crippen LogP contribution >= 0.6 is 11.6 Å². The van der Waals surface area contributed by atoms with Gasteiger partial charge in [0.2, 0.25) is 11.8 Å². The Morgan fingerprint density at radius 1 is 1.32 bits per heavy atom. The predicted octanol–water partition coefficient (Wildman–Crippen LogP) is 2.24. The summed E-state index contributed by atoms with van der Waals surface area (Å²) in [7, 11) is 1.56. The Kier molecular flexibility index (Phi) is 6.29. The van der Waals surface area contributed by atoms with Gasteiger partial charge in [-0.3, -0.25) is 9.59 Å². The van der Waals surface area contributed by atoms with Gasteiger partial charge in [-0.2, -0.15) is 0 Å². The summed E-state index contributed by atoms with van der Waals surface area (Å²) in [5.74, 6) is -0.406. The summed E-state index contributed by atoms with van der Waals surface area (Å²) in [6.07, 6.45) is 0.911. The van der Waals surface area contributed by atoms with E-state index in [0.29, 0.717) is 24.4 Å². The number of benzene rings is 1. The highest BCUT2D eigenvalue weighted by atomic mass is 35.5. The lowest BCUT2D eigenvalue weighted by molar-refractivity contribution is -0.133. The van der Waals surface area contributed by atoms with Crippen LogP contribution in [-0.2, 0) is 9.59 Å². The molecular weight excluding hydrogens is 271 g/mol. The first-order chi connectivity index (χ1) is 9.02. The number of alkyl halides is 1. The molecule has 2 amide bonds. The number of halogens is 2. The molecule has 4 nitrogen and oxygen atoms in total. The summed E-state index contributed by atoms with van der Waals surface area (Å²) < 4.78 is 12.7. The van der Waals surface area contributed by atoms with Crippen molar-refractivity contribution in [3.63, 3.8) is 0 Å². The molecule has 0 fully saturated rings. The van der Waals surface area contributed by atoms with Crippen molar-refractivity contribution < 1.29 is 14.0 Å². The van der Waals surface area contributed by atoms with Gasteiger partial charge in [-0.15, -0.1) is 11.6 Å². The third-order valence-electron chi connectivity index (χ3n) is 2.46. The molecule has 0 bridgehead atoms. The first-order valence-corrected chi connectivity index (χ1v) is 6.41. The molecular formula is C13H16ClFN2O2. The zero-order valence-corrected chi connectivity index (χ0v) is 11.4. The van der Waals surface area contributed by atoms with Crippen LogP contribution in [0.25, 0.3) is 0 Å². The highest BCUT2D eigenvalue weighted by Gasteiger charge is 2.12. The molecule has 0 saturated heterocycles. The fourth-order valence-electron chi connectivity index (χ4n) is 1.45. The van der Waals surface area contributed by atoms with Crippen molar-refractivity contribution in [2.24, 2.45) is 0 Å². The fourth-order valence-corrected chi connectivity index (χ4v) is 1.58. The largest absolute Gasteiger partial charge is 0.336 e. The van der Waals surface area contributed by atoms with Crippen molar-refractivity contribution in [3.8, 4) is 0 Å². The number of rotatable bonds is 6. The molecule has 0 aromatic heterocycles. The summed E-state index contributed by atoms with van der Waals surface area (Å²) in [5, 5.41) is 2.59. The van der Waals surface area contributed by atoms with E-state index in [1.165, 1.54) is 29.2 Å². The number of nitrogens with zero attached hydrogens (tertiary/aromatic N) is 1. The highest BCUT2D eigenvalue weighted by Crippen LogP contribution is 2.08. The van der Waals surface area contributed by atoms with Gasteiger partial charge in [0.15, 0.2) is 0 Å². The molecule has 1 aromatic carbocycles. The Bertz CT molecular complexity index is 437. The van der Waals surface area contributed by atoms with Gasteiger partial charge in [0, 0.05) is 25.0 Å². The monoisotopic (exact) mass is 286 g/mol. The van der Waals surface area contributed by atoms with Gasteiger partial charge in [0.25, 0.3) is 0 Å². The van der Waals surface area contributed by atoms with E-state index in [1.807, 2.05) is 0 Å². The summed E-state index contributed by atoms with van der Waals surface area (Å²) in [6.45, 7) is -0.0432. The maximum Gasteiger partial charge on any atom is 0.243 e. The molecule has 1 N–H and O–H groups in total. The van der Waals surface area contributed by atoms with Crippen molar-refractivity contribution in [3.05, 3.63) is 30.1 Å². The Morgan fingerprint density at radius 3 is 2.53 bits per heavy atom. The van der Waals surface area contributed by atoms with Gasteiger partial charge < -0.3 is 10.2 Å². The molecule has 0 aliphatic rings. The third kappa shape index (κ3) is 5.70. The smallest absolute Gasteiger partial charge is 0.243 e. The maximum absolute atomic E-state index is 12.7. The van der Waals surface area contributed by atoms with Crippen LogP contribution in [0.5, 0.6) is 0 Å². The molecule has 0 saturated carbocycles. The Hall–Kier alpha value is -1.62. The minimum atomic E-state index is -0.369. The summed E-state index contributed by atoms with van der Waals surface area (Å²) >= 11 is 5.50. The van der Waals surface area contributed by atoms with Crippen molar-refractivity contribution in [2.75, 3.05) is 24.8 Å². The molecule has 104 valence electrons. The zero-order chi connectivity index (χ0) is 14.3. The average Bonchev–Trinajstić information content (AvgIpc) is 2.38. The van der Waals surface area contributed by atoms with Crippen LogP contribution in [0.1, 0.15) is 12.8 Å². The molecule has 6 heteroatoms. The van der Waals surface area contributed by atoms with E-state index in [9.17, 15) is 14.0 Å². The molecule has 19 heavy (non-hydrogen) atoms. The second-order valence-corrected chi connectivity index (χ2v) is 4.48. The van der Waals surface area contributed by atoms with Gasteiger partial charge in [0.05, 0.1) is 6.54 Å². The number of amides is 2. The van der Waals surface area contributed by atoms with Crippen molar-refractivity contribution in [1.29, 1.82) is 0 Å². The summed E-state index contributed by atoms with van der Waals surface area (Å²) in [4.78, 5) is 24.6. The minimum absolute atomic E-state index is 0.0432. The number of carbonyl (C=O) groups excluding carboxylic acids is 2. The van der Waals surface area contributed by atoms with E-state index >= 15 is 0 Å². The summed E-state index contributed by atoms with van der Waals surface area (Å²) in [6, 6.07) is 5.43. The first-order valence-electron chi connectivity index (χ1n) is 5.88. The van der Waals surface area contributed by atoms with Gasteiger partial charge in [-0.25, -0.2) is 4.39 Å². The number of hydrogen-bond donors (Lipinski definition) is 1. The minimum Gasteiger partial charge on any atom is -0.336 e. The second kappa shape index (κ2) is 7.74. The molecule has 0 unspecified atom stereocenters. The third-order valence-corrected chi connectivity index (χ3v) is 2.73. The molecule has 0 spiro atoms. The lowest BCUT2D eigenvalue weighted by Gasteiger charge is -2.16. The lowest BCUT2D eigenvalue weighted by Crippen LogP contribution is -2.34. The van der Waals surface area contributed by atoms with Gasteiger partial charge >= 0.3 is 0 Å². The molecule has 0 aliphatic heterocycles. The van der Waals surface area contributed by atoms with Crippen LogP contribution in [0.15, 0.2) is 24.3 Å². The molecule has 0 atom stereocenters. The van der Waals surface area contributed by atoms with E-state index < -0.39 is 0 Å². The van der Waals surface area contributed by atoms with Crippen LogP contribution in [-0.4, -0.2) is 36.2 Å². The maximum atomic E-state index is 12.7. The van der Waals surface area contributed by atoms with E-state index in [4.69, 9.17) is 11.6 Å². The molecule has 1 rings (SSSR count). The first kappa shape index (κ1) is 15.4. The normalized spacial score (nSPS) is 10.1. The van der Waals surface area contributed by atoms with Crippen LogP contribution in [0.4, 0.5) is 10.1 Å². The standard InChI is InChI=1S/C13H16ClFN2O2/c1-17(13(19)3-2-8-14)9-12(18)16-11-6-4-10(15)5-7-11/h4-7H,2-3,8-9H2,1H3,(H,16,18). The van der Waals surface area contributed by atoms with Crippen LogP contribution < -0.4 is 5.32 Å². The fraction of sp³-hybridized carbons (Fsp3) is 0.385. The number of nitrogens with one attached hydrogen (secondary N) is 1. The summed E-state index contributed by atoms with van der Waals surface area (Å²) in [5.41, 5.74) is 0.494. The van der Waals surface area contributed by atoms with Crippen LogP contribution in [0, 0.1) is 5.82 Å². The van der Waals surface area contributed by atoms with E-state index in [0.717, 1.165) is 0 Å². The molecule has 1 aromatic rings. The van der Waals surface area contributed by atoms with Crippen molar-refractivity contribution in [1.82, 2.24) is 4.90 Å². The lowest BCUT2D eigenvalue weighted by atomic mass is 10.3. The zero-order valence-electron chi connectivity index (χ0n) is 10.7. The van der Waals surface area contributed by atoms with Gasteiger partial charge in [-0.05, 0) is 30.7 Å². The molecule has 0 radical (unpaired) electrons. The van der Waals surface area contributed by atoms with E-state index in [2.05, 4.69) is 5.32 Å². The Balaban J connectivity index is 2.42. The molecule has 0 heterocycles. The van der Waals surface area contributed by atoms with Crippen LogP contribution in [0.2, 0.25) is 0 Å². The Morgan fingerprint density at radius 2 is 1.95 bits per heavy atom. The number of likely N-dealkylation sites (N-methyl/N-ethyl adjacent to an activating group) is 1. The van der Waals surface area contributed by atoms with Gasteiger partial charge in [-0.1, -0.05) is 0 Å².